The number of Topliss-reactive ketones (excluding diaryl/α,β-unsaturated/α-hetero) is 1. The molecule has 3 aromatic rings. The van der Waals surface area contributed by atoms with Crippen molar-refractivity contribution in [1.29, 1.82) is 0 Å². The number of aryl methyl sites for hydroxylation is 2. The Morgan fingerprint density at radius 1 is 0.844 bits per heavy atom. The quantitative estimate of drug-likeness (QED) is 0.482. The zero-order valence-electron chi connectivity index (χ0n) is 18.7. The summed E-state index contributed by atoms with van der Waals surface area (Å²) in [4.78, 5) is 13.1. The third-order valence-corrected chi connectivity index (χ3v) is 6.88. The van der Waals surface area contributed by atoms with E-state index in [-0.39, 0.29) is 29.3 Å². The summed E-state index contributed by atoms with van der Waals surface area (Å²) in [5.74, 6) is 0.537. The van der Waals surface area contributed by atoms with Crippen LogP contribution in [-0.4, -0.2) is 35.0 Å². The van der Waals surface area contributed by atoms with Crippen molar-refractivity contribution in [2.75, 3.05) is 25.1 Å². The van der Waals surface area contributed by atoms with Gasteiger partial charge in [0.15, 0.2) is 5.78 Å². The minimum atomic E-state index is -4.05. The lowest BCUT2D eigenvalue weighted by Crippen LogP contribution is -2.36. The average molecular weight is 454 g/mol. The van der Waals surface area contributed by atoms with Gasteiger partial charge in [0.05, 0.1) is 31.3 Å². The van der Waals surface area contributed by atoms with Crippen LogP contribution in [0.15, 0.2) is 71.6 Å². The monoisotopic (exact) mass is 453 g/mol. The molecule has 0 aliphatic carbocycles. The Balaban J connectivity index is 2.04. The van der Waals surface area contributed by atoms with E-state index in [0.29, 0.717) is 11.5 Å². The maximum absolute atomic E-state index is 13.6. The minimum Gasteiger partial charge on any atom is -0.497 e. The Hall–Kier alpha value is -3.32. The summed E-state index contributed by atoms with van der Waals surface area (Å²) in [7, 11) is -1.10. The largest absolute Gasteiger partial charge is 0.497 e. The van der Waals surface area contributed by atoms with E-state index in [4.69, 9.17) is 9.47 Å². The average Bonchev–Trinajstić information content (AvgIpc) is 2.78. The molecule has 32 heavy (non-hydrogen) atoms. The van der Waals surface area contributed by atoms with Crippen LogP contribution < -0.4 is 13.8 Å². The number of sulfonamides is 1. The van der Waals surface area contributed by atoms with E-state index in [2.05, 4.69) is 0 Å². The van der Waals surface area contributed by atoms with Crippen molar-refractivity contribution in [1.82, 2.24) is 0 Å². The molecule has 0 aliphatic heterocycles. The van der Waals surface area contributed by atoms with Crippen molar-refractivity contribution in [2.45, 2.75) is 25.2 Å². The first-order chi connectivity index (χ1) is 15.2. The predicted molar refractivity (Wildman–Crippen MR) is 125 cm³/mol. The molecule has 0 unspecified atom stereocenters. The lowest BCUT2D eigenvalue weighted by Gasteiger charge is -2.26. The maximum Gasteiger partial charge on any atom is 0.264 e. The highest BCUT2D eigenvalue weighted by Gasteiger charge is 2.30. The topological polar surface area (TPSA) is 72.9 Å². The number of carbonyl (C=O) groups is 1. The van der Waals surface area contributed by atoms with Gasteiger partial charge in [0.2, 0.25) is 0 Å². The number of nitrogens with zero attached hydrogens (tertiary/aromatic N) is 1. The van der Waals surface area contributed by atoms with Crippen LogP contribution in [0.25, 0.3) is 0 Å². The second-order valence-electron chi connectivity index (χ2n) is 7.56. The molecule has 0 amide bonds. The smallest absolute Gasteiger partial charge is 0.264 e. The first-order valence-corrected chi connectivity index (χ1v) is 11.6. The highest BCUT2D eigenvalue weighted by Crippen LogP contribution is 2.35. The molecular formula is C25H27NO5S. The van der Waals surface area contributed by atoms with Gasteiger partial charge in [-0.15, -0.1) is 0 Å². The molecule has 7 heteroatoms. The fraction of sp³-hybridized carbons (Fsp3) is 0.240. The van der Waals surface area contributed by atoms with Crippen molar-refractivity contribution >= 4 is 21.5 Å². The first kappa shape index (κ1) is 23.3. The summed E-state index contributed by atoms with van der Waals surface area (Å²) < 4.78 is 39.0. The number of benzene rings is 3. The van der Waals surface area contributed by atoms with Gasteiger partial charge in [0, 0.05) is 12.5 Å². The Labute approximate surface area is 189 Å². The molecule has 0 aliphatic rings. The molecule has 0 atom stereocenters. The first-order valence-electron chi connectivity index (χ1n) is 10.1. The van der Waals surface area contributed by atoms with Crippen LogP contribution in [0.4, 0.5) is 5.69 Å². The molecule has 0 heterocycles. The molecule has 0 bridgehead atoms. The van der Waals surface area contributed by atoms with Crippen molar-refractivity contribution < 1.29 is 22.7 Å². The lowest BCUT2D eigenvalue weighted by atomic mass is 10.1. The maximum atomic E-state index is 13.6. The van der Waals surface area contributed by atoms with E-state index >= 15 is 0 Å². The minimum absolute atomic E-state index is 0.0936. The molecule has 0 spiro atoms. The van der Waals surface area contributed by atoms with Crippen LogP contribution in [0, 0.1) is 13.8 Å². The van der Waals surface area contributed by atoms with E-state index in [9.17, 15) is 13.2 Å². The summed E-state index contributed by atoms with van der Waals surface area (Å²) in [5, 5.41) is 0. The molecule has 0 saturated carbocycles. The van der Waals surface area contributed by atoms with Gasteiger partial charge < -0.3 is 9.47 Å². The number of carbonyl (C=O) groups excluding carboxylic acids is 1. The van der Waals surface area contributed by atoms with E-state index < -0.39 is 10.0 Å². The Kier molecular flexibility index (Phi) is 7.20. The van der Waals surface area contributed by atoms with Gasteiger partial charge in [-0.2, -0.15) is 0 Å². The van der Waals surface area contributed by atoms with Crippen molar-refractivity contribution in [3.05, 3.63) is 83.4 Å². The molecule has 0 aromatic heterocycles. The van der Waals surface area contributed by atoms with Crippen LogP contribution in [0.3, 0.4) is 0 Å². The normalized spacial score (nSPS) is 11.1. The lowest BCUT2D eigenvalue weighted by molar-refractivity contribution is -0.117. The van der Waals surface area contributed by atoms with Crippen LogP contribution >= 0.6 is 0 Å². The summed E-state index contributed by atoms with van der Waals surface area (Å²) >= 11 is 0. The van der Waals surface area contributed by atoms with Gasteiger partial charge in [-0.05, 0) is 43.7 Å². The molecule has 0 N–H and O–H groups in total. The number of ether oxygens (including phenoxy) is 2. The van der Waals surface area contributed by atoms with Gasteiger partial charge in [0.25, 0.3) is 10.0 Å². The second-order valence-corrected chi connectivity index (χ2v) is 9.43. The SMILES string of the molecule is COc1ccc(OC)c(N(CC(=O)Cc2ccc(C)cc2)S(=O)(=O)c2ccc(C)cc2)c1. The molecule has 3 rings (SSSR count). The van der Waals surface area contributed by atoms with E-state index in [1.807, 2.05) is 38.1 Å². The zero-order chi connectivity index (χ0) is 23.3. The van der Waals surface area contributed by atoms with Gasteiger partial charge >= 0.3 is 0 Å². The van der Waals surface area contributed by atoms with E-state index in [1.165, 1.54) is 26.4 Å². The van der Waals surface area contributed by atoms with Crippen molar-refractivity contribution in [3.63, 3.8) is 0 Å². The number of methoxy groups -OCH3 is 2. The summed E-state index contributed by atoms with van der Waals surface area (Å²) in [5.41, 5.74) is 3.09. The summed E-state index contributed by atoms with van der Waals surface area (Å²) in [6, 6.07) is 19.0. The van der Waals surface area contributed by atoms with Crippen LogP contribution in [0.2, 0.25) is 0 Å². The second kappa shape index (κ2) is 9.87. The zero-order valence-corrected chi connectivity index (χ0v) is 19.5. The molecule has 6 nitrogen and oxygen atoms in total. The standard InChI is InChI=1S/C25H27NO5S/c1-18-5-9-20(10-6-18)15-21(27)17-26(24-16-22(30-3)11-14-25(24)31-4)32(28,29)23-12-7-19(2)8-13-23/h5-14,16H,15,17H2,1-4H3. The van der Waals surface area contributed by atoms with Crippen molar-refractivity contribution in [3.8, 4) is 11.5 Å². The van der Waals surface area contributed by atoms with Crippen LogP contribution in [0.5, 0.6) is 11.5 Å². The van der Waals surface area contributed by atoms with Gasteiger partial charge in [-0.3, -0.25) is 9.10 Å². The molecule has 3 aromatic carbocycles. The number of hydrogen-bond donors (Lipinski definition) is 0. The summed E-state index contributed by atoms with van der Waals surface area (Å²) in [6.07, 6.45) is 0.118. The third kappa shape index (κ3) is 5.29. The van der Waals surface area contributed by atoms with Gasteiger partial charge in [-0.25, -0.2) is 8.42 Å². The highest BCUT2D eigenvalue weighted by atomic mass is 32.2. The number of anilines is 1. The Morgan fingerprint density at radius 2 is 1.44 bits per heavy atom. The third-order valence-electron chi connectivity index (χ3n) is 5.11. The molecule has 0 saturated heterocycles. The predicted octanol–water partition coefficient (Wildman–Crippen LogP) is 4.33. The van der Waals surface area contributed by atoms with Crippen LogP contribution in [0.1, 0.15) is 16.7 Å². The molecule has 168 valence electrons. The molecule has 0 radical (unpaired) electrons. The number of ketones is 1. The molecule has 0 fully saturated rings. The highest BCUT2D eigenvalue weighted by molar-refractivity contribution is 7.92. The Morgan fingerprint density at radius 3 is 2.00 bits per heavy atom. The van der Waals surface area contributed by atoms with Gasteiger partial charge in [0.1, 0.15) is 11.5 Å². The number of hydrogen-bond acceptors (Lipinski definition) is 5. The van der Waals surface area contributed by atoms with E-state index in [0.717, 1.165) is 21.0 Å². The fourth-order valence-corrected chi connectivity index (χ4v) is 4.73. The fourth-order valence-electron chi connectivity index (χ4n) is 3.28. The van der Waals surface area contributed by atoms with Crippen LogP contribution in [-0.2, 0) is 21.2 Å². The Bertz CT molecular complexity index is 1190. The number of rotatable bonds is 9. The molecular weight excluding hydrogens is 426 g/mol. The van der Waals surface area contributed by atoms with E-state index in [1.54, 1.807) is 30.3 Å². The summed E-state index contributed by atoms with van der Waals surface area (Å²) in [6.45, 7) is 3.51. The van der Waals surface area contributed by atoms with Crippen molar-refractivity contribution in [2.24, 2.45) is 0 Å². The van der Waals surface area contributed by atoms with Gasteiger partial charge in [-0.1, -0.05) is 47.5 Å².